The van der Waals surface area contributed by atoms with Crippen molar-refractivity contribution in [3.63, 3.8) is 0 Å². The first-order valence-electron chi connectivity index (χ1n) is 6.98. The zero-order valence-corrected chi connectivity index (χ0v) is 11.1. The fourth-order valence-corrected chi connectivity index (χ4v) is 2.69. The van der Waals surface area contributed by atoms with E-state index in [1.165, 1.54) is 12.8 Å². The van der Waals surface area contributed by atoms with Crippen molar-refractivity contribution in [3.05, 3.63) is 12.2 Å². The summed E-state index contributed by atoms with van der Waals surface area (Å²) < 4.78 is 0. The molecular weight excluding hydrogens is 228 g/mol. The summed E-state index contributed by atoms with van der Waals surface area (Å²) in [4.78, 5) is 14.1. The van der Waals surface area contributed by atoms with Crippen LogP contribution in [0.15, 0.2) is 12.2 Å². The van der Waals surface area contributed by atoms with Gasteiger partial charge in [-0.15, -0.1) is 0 Å². The van der Waals surface area contributed by atoms with Gasteiger partial charge in [0.15, 0.2) is 0 Å². The third-order valence-electron chi connectivity index (χ3n) is 4.00. The van der Waals surface area contributed by atoms with Crippen molar-refractivity contribution in [2.24, 2.45) is 11.8 Å². The quantitative estimate of drug-likeness (QED) is 0.727. The average Bonchev–Trinajstić information content (AvgIpc) is 2.79. The molecule has 0 spiro atoms. The largest absolute Gasteiger partial charge is 0.396 e. The molecule has 1 fully saturated rings. The SMILES string of the molecule is CC1CCN(CC(=O)N[C@@H]2C=C[C@H](CO)C2)CC1. The maximum absolute atomic E-state index is 11.9. The topological polar surface area (TPSA) is 52.6 Å². The molecule has 1 amide bonds. The summed E-state index contributed by atoms with van der Waals surface area (Å²) in [6.07, 6.45) is 7.22. The number of carbonyl (C=O) groups excluding carboxylic acids is 1. The van der Waals surface area contributed by atoms with E-state index in [2.05, 4.69) is 17.1 Å². The van der Waals surface area contributed by atoms with Crippen molar-refractivity contribution in [1.82, 2.24) is 10.2 Å². The highest BCUT2D eigenvalue weighted by atomic mass is 16.3. The van der Waals surface area contributed by atoms with Crippen LogP contribution in [0.3, 0.4) is 0 Å². The van der Waals surface area contributed by atoms with Crippen LogP contribution < -0.4 is 5.32 Å². The third-order valence-corrected chi connectivity index (χ3v) is 4.00. The molecule has 1 heterocycles. The van der Waals surface area contributed by atoms with E-state index in [9.17, 15) is 4.79 Å². The number of nitrogens with one attached hydrogen (secondary N) is 1. The third kappa shape index (κ3) is 3.82. The molecule has 1 aliphatic heterocycles. The van der Waals surface area contributed by atoms with Gasteiger partial charge in [0.2, 0.25) is 5.91 Å². The van der Waals surface area contributed by atoms with Crippen molar-refractivity contribution in [2.45, 2.75) is 32.2 Å². The zero-order chi connectivity index (χ0) is 13.0. The lowest BCUT2D eigenvalue weighted by molar-refractivity contribution is -0.123. The Labute approximate surface area is 109 Å². The molecule has 2 rings (SSSR count). The van der Waals surface area contributed by atoms with Gasteiger partial charge in [-0.25, -0.2) is 0 Å². The van der Waals surface area contributed by atoms with Crippen molar-refractivity contribution < 1.29 is 9.90 Å². The van der Waals surface area contributed by atoms with Crippen LogP contribution in [0.2, 0.25) is 0 Å². The summed E-state index contributed by atoms with van der Waals surface area (Å²) >= 11 is 0. The highest BCUT2D eigenvalue weighted by molar-refractivity contribution is 5.78. The van der Waals surface area contributed by atoms with Crippen molar-refractivity contribution in [2.75, 3.05) is 26.2 Å². The molecule has 2 aliphatic rings. The Kier molecular flexibility index (Phi) is 4.78. The van der Waals surface area contributed by atoms with Crippen molar-refractivity contribution in [3.8, 4) is 0 Å². The van der Waals surface area contributed by atoms with Crippen LogP contribution in [0.25, 0.3) is 0 Å². The van der Waals surface area contributed by atoms with Crippen LogP contribution in [-0.4, -0.2) is 48.2 Å². The van der Waals surface area contributed by atoms with E-state index in [1.807, 2.05) is 12.2 Å². The minimum atomic E-state index is 0.109. The maximum atomic E-state index is 11.9. The molecule has 1 aliphatic carbocycles. The molecule has 18 heavy (non-hydrogen) atoms. The van der Waals surface area contributed by atoms with E-state index in [0.29, 0.717) is 6.54 Å². The Hall–Kier alpha value is -0.870. The van der Waals surface area contributed by atoms with Gasteiger partial charge in [0, 0.05) is 18.6 Å². The molecule has 102 valence electrons. The number of amides is 1. The Morgan fingerprint density at radius 3 is 2.72 bits per heavy atom. The molecule has 0 aromatic rings. The molecule has 0 bridgehead atoms. The summed E-state index contributed by atoms with van der Waals surface area (Å²) in [6.45, 7) is 5.03. The Morgan fingerprint density at radius 2 is 2.11 bits per heavy atom. The predicted octanol–water partition coefficient (Wildman–Crippen LogP) is 0.771. The standard InChI is InChI=1S/C14H24N2O2/c1-11-4-6-16(7-5-11)9-14(18)15-13-3-2-12(8-13)10-17/h2-3,11-13,17H,4-10H2,1H3,(H,15,18)/t12-,13+/m0/s1. The first-order chi connectivity index (χ1) is 8.67. The van der Waals surface area contributed by atoms with E-state index in [-0.39, 0.29) is 24.5 Å². The molecular formula is C14H24N2O2. The molecule has 2 N–H and O–H groups in total. The van der Waals surface area contributed by atoms with E-state index < -0.39 is 0 Å². The highest BCUT2D eigenvalue weighted by Crippen LogP contribution is 2.18. The lowest BCUT2D eigenvalue weighted by Gasteiger charge is -2.29. The predicted molar refractivity (Wildman–Crippen MR) is 71.1 cm³/mol. The molecule has 4 heteroatoms. The molecule has 2 atom stereocenters. The van der Waals surface area contributed by atoms with Crippen LogP contribution in [0.1, 0.15) is 26.2 Å². The minimum Gasteiger partial charge on any atom is -0.396 e. The second-order valence-electron chi connectivity index (χ2n) is 5.70. The summed E-state index contributed by atoms with van der Waals surface area (Å²) in [7, 11) is 0. The van der Waals surface area contributed by atoms with Crippen molar-refractivity contribution in [1.29, 1.82) is 0 Å². The molecule has 1 saturated heterocycles. The first-order valence-corrected chi connectivity index (χ1v) is 6.98. The Balaban J connectivity index is 1.68. The van der Waals surface area contributed by atoms with Crippen LogP contribution in [0, 0.1) is 11.8 Å². The number of carbonyl (C=O) groups is 1. The summed E-state index contributed by atoms with van der Waals surface area (Å²) in [5, 5.41) is 12.1. The minimum absolute atomic E-state index is 0.109. The van der Waals surface area contributed by atoms with Gasteiger partial charge in [-0.1, -0.05) is 19.1 Å². The van der Waals surface area contributed by atoms with Crippen molar-refractivity contribution >= 4 is 5.91 Å². The number of aliphatic hydroxyl groups is 1. The summed E-state index contributed by atoms with van der Waals surface area (Å²) in [6, 6.07) is 0.110. The molecule has 0 saturated carbocycles. The lowest BCUT2D eigenvalue weighted by atomic mass is 9.99. The average molecular weight is 252 g/mol. The second kappa shape index (κ2) is 6.34. The number of nitrogens with zero attached hydrogens (tertiary/aromatic N) is 1. The van der Waals surface area contributed by atoms with Gasteiger partial charge in [0.25, 0.3) is 0 Å². The number of likely N-dealkylation sites (tertiary alicyclic amines) is 1. The fraction of sp³-hybridized carbons (Fsp3) is 0.786. The van der Waals surface area contributed by atoms with Crippen LogP contribution in [0.4, 0.5) is 0 Å². The molecule has 4 nitrogen and oxygen atoms in total. The normalized spacial score (nSPS) is 29.7. The van der Waals surface area contributed by atoms with Gasteiger partial charge in [-0.2, -0.15) is 0 Å². The number of aliphatic hydroxyl groups excluding tert-OH is 1. The van der Waals surface area contributed by atoms with Crippen LogP contribution in [0.5, 0.6) is 0 Å². The summed E-state index contributed by atoms with van der Waals surface area (Å²) in [5.41, 5.74) is 0. The van der Waals surface area contributed by atoms with Gasteiger partial charge in [0.05, 0.1) is 6.54 Å². The Morgan fingerprint density at radius 1 is 1.39 bits per heavy atom. The van der Waals surface area contributed by atoms with Gasteiger partial charge in [-0.3, -0.25) is 9.69 Å². The number of rotatable bonds is 4. The van der Waals surface area contributed by atoms with E-state index in [4.69, 9.17) is 5.11 Å². The monoisotopic (exact) mass is 252 g/mol. The zero-order valence-electron chi connectivity index (χ0n) is 11.1. The van der Waals surface area contributed by atoms with Gasteiger partial charge in [-0.05, 0) is 38.3 Å². The molecule has 0 aromatic heterocycles. The van der Waals surface area contributed by atoms with E-state index in [0.717, 1.165) is 25.4 Å². The van der Waals surface area contributed by atoms with Crippen LogP contribution in [-0.2, 0) is 4.79 Å². The number of piperidine rings is 1. The summed E-state index contributed by atoms with van der Waals surface area (Å²) in [5.74, 6) is 1.12. The number of hydrogen-bond donors (Lipinski definition) is 2. The molecule has 0 unspecified atom stereocenters. The fourth-order valence-electron chi connectivity index (χ4n) is 2.69. The van der Waals surface area contributed by atoms with Gasteiger partial charge in [0.1, 0.15) is 0 Å². The van der Waals surface area contributed by atoms with Gasteiger partial charge < -0.3 is 10.4 Å². The van der Waals surface area contributed by atoms with Gasteiger partial charge >= 0.3 is 0 Å². The Bertz CT molecular complexity index is 309. The lowest BCUT2D eigenvalue weighted by Crippen LogP contribution is -2.43. The molecule has 0 aromatic carbocycles. The highest BCUT2D eigenvalue weighted by Gasteiger charge is 2.22. The first kappa shape index (κ1) is 13.6. The second-order valence-corrected chi connectivity index (χ2v) is 5.70. The number of hydrogen-bond acceptors (Lipinski definition) is 3. The van der Waals surface area contributed by atoms with Crippen LogP contribution >= 0.6 is 0 Å². The maximum Gasteiger partial charge on any atom is 0.234 e. The molecule has 0 radical (unpaired) electrons. The smallest absolute Gasteiger partial charge is 0.234 e. The van der Waals surface area contributed by atoms with E-state index in [1.54, 1.807) is 0 Å². The van der Waals surface area contributed by atoms with E-state index >= 15 is 0 Å².